The van der Waals surface area contributed by atoms with Gasteiger partial charge < -0.3 is 14.9 Å². The highest BCUT2D eigenvalue weighted by molar-refractivity contribution is 7.60. The van der Waals surface area contributed by atoms with Crippen molar-refractivity contribution in [3.05, 3.63) is 84.9 Å². The summed E-state index contributed by atoms with van der Waals surface area (Å²) in [6.45, 7) is 0. The van der Waals surface area contributed by atoms with Crippen molar-refractivity contribution in [2.75, 3.05) is 0 Å². The van der Waals surface area contributed by atoms with Gasteiger partial charge in [0.2, 0.25) is 0 Å². The van der Waals surface area contributed by atoms with E-state index in [0.29, 0.717) is 0 Å². The van der Waals surface area contributed by atoms with Gasteiger partial charge in [0, 0.05) is 0 Å². The van der Waals surface area contributed by atoms with E-state index in [2.05, 4.69) is 48.5 Å². The smallest absolute Gasteiger partial charge is 0.359 e. The van der Waals surface area contributed by atoms with E-state index in [0.717, 1.165) is 0 Å². The van der Waals surface area contributed by atoms with E-state index in [4.69, 9.17) is 14.9 Å². The molecular weight excluding hydrogens is 311 g/mol. The van der Waals surface area contributed by atoms with Gasteiger partial charge in [-0.3, -0.25) is 4.57 Å². The fraction of sp³-hybridized carbons (Fsp3) is 0. The van der Waals surface area contributed by atoms with Gasteiger partial charge in [-0.25, -0.2) is 0 Å². The first-order valence-corrected chi connectivity index (χ1v) is 8.54. The number of aromatic hydroxyl groups is 1. The minimum Gasteiger partial charge on any atom is -0.507 e. The zero-order chi connectivity index (χ0) is 16.7. The van der Waals surface area contributed by atoms with E-state index in [1.807, 2.05) is 12.1 Å². The summed E-state index contributed by atoms with van der Waals surface area (Å²) in [6.07, 6.45) is 0. The molecule has 0 unspecified atom stereocenters. The largest absolute Gasteiger partial charge is 0.507 e. The number of hydrogen-bond acceptors (Lipinski definition) is 2. The first-order valence-electron chi connectivity index (χ1n) is 6.93. The summed E-state index contributed by atoms with van der Waals surface area (Å²) in [5, 5.41) is 8.62. The molecule has 0 aliphatic heterocycles. The zero-order valence-electron chi connectivity index (χ0n) is 12.3. The molecular formula is C18H17O4P. The lowest BCUT2D eigenvalue weighted by Gasteiger charge is -2.04. The lowest BCUT2D eigenvalue weighted by atomic mass is 10.1. The Balaban J connectivity index is 0.000000168. The molecule has 0 saturated heterocycles. The average molecular weight is 328 g/mol. The van der Waals surface area contributed by atoms with Gasteiger partial charge in [0.15, 0.2) is 0 Å². The molecule has 0 aromatic heterocycles. The molecule has 3 aromatic carbocycles. The molecule has 0 atom stereocenters. The number of phenols is 1. The number of rotatable bonds is 2. The summed E-state index contributed by atoms with van der Waals surface area (Å²) in [7, 11) is -4.31. The van der Waals surface area contributed by atoms with Crippen LogP contribution in [0, 0.1) is 0 Å². The van der Waals surface area contributed by atoms with Crippen LogP contribution in [-0.4, -0.2) is 14.9 Å². The molecule has 0 heterocycles. The Morgan fingerprint density at radius 2 is 1.00 bits per heavy atom. The summed E-state index contributed by atoms with van der Waals surface area (Å²) in [5.41, 5.74) is 2.55. The van der Waals surface area contributed by atoms with E-state index in [9.17, 15) is 4.57 Å². The number of para-hydroxylation sites is 1. The Labute approximate surface area is 134 Å². The molecule has 0 aliphatic carbocycles. The fourth-order valence-corrected chi connectivity index (χ4v) is 2.62. The molecule has 0 radical (unpaired) electrons. The van der Waals surface area contributed by atoms with Crippen molar-refractivity contribution >= 4 is 12.9 Å². The molecule has 3 rings (SSSR count). The topological polar surface area (TPSA) is 77.8 Å². The van der Waals surface area contributed by atoms with Gasteiger partial charge in [-0.2, -0.15) is 0 Å². The predicted octanol–water partition coefficient (Wildman–Crippen LogP) is 3.55. The first kappa shape index (κ1) is 17.0. The van der Waals surface area contributed by atoms with Gasteiger partial charge >= 0.3 is 7.60 Å². The van der Waals surface area contributed by atoms with Crippen molar-refractivity contribution in [1.29, 1.82) is 0 Å². The molecule has 5 heteroatoms. The van der Waals surface area contributed by atoms with Gasteiger partial charge in [-0.1, -0.05) is 72.8 Å². The Morgan fingerprint density at radius 3 is 1.35 bits per heavy atom. The van der Waals surface area contributed by atoms with Crippen LogP contribution in [0.4, 0.5) is 0 Å². The van der Waals surface area contributed by atoms with Gasteiger partial charge in [-0.05, 0) is 23.3 Å². The average Bonchev–Trinajstić information content (AvgIpc) is 2.56. The Hall–Kier alpha value is -2.39. The standard InChI is InChI=1S/C12H10.C6H7O4P/c1-3-7-11(8-4-1)12-9-5-2-6-10-12;7-5-3-1-2-4-6(5)11(8,9)10/h1-10H;1-4,7H,(H2,8,9,10). The maximum absolute atomic E-state index is 10.6. The van der Waals surface area contributed by atoms with Crippen LogP contribution in [-0.2, 0) is 4.57 Å². The molecule has 0 saturated carbocycles. The second kappa shape index (κ2) is 7.75. The van der Waals surface area contributed by atoms with Crippen molar-refractivity contribution in [3.63, 3.8) is 0 Å². The Kier molecular flexibility index (Phi) is 5.72. The molecule has 118 valence electrons. The maximum Gasteiger partial charge on any atom is 0.359 e. The van der Waals surface area contributed by atoms with Gasteiger partial charge in [0.05, 0.1) is 0 Å². The fourth-order valence-electron chi connectivity index (χ4n) is 1.97. The highest BCUT2D eigenvalue weighted by atomic mass is 31.2. The zero-order valence-corrected chi connectivity index (χ0v) is 13.2. The van der Waals surface area contributed by atoms with Gasteiger partial charge in [0.1, 0.15) is 11.1 Å². The Morgan fingerprint density at radius 1 is 0.609 bits per heavy atom. The minimum atomic E-state index is -4.31. The van der Waals surface area contributed by atoms with Crippen LogP contribution >= 0.6 is 7.60 Å². The van der Waals surface area contributed by atoms with E-state index in [-0.39, 0.29) is 11.1 Å². The lowest BCUT2D eigenvalue weighted by Crippen LogP contribution is -2.02. The van der Waals surface area contributed by atoms with Gasteiger partial charge in [0.25, 0.3) is 0 Å². The van der Waals surface area contributed by atoms with Crippen LogP contribution in [0.3, 0.4) is 0 Å². The minimum absolute atomic E-state index is 0.333. The van der Waals surface area contributed by atoms with Crippen LogP contribution in [0.1, 0.15) is 0 Å². The molecule has 23 heavy (non-hydrogen) atoms. The molecule has 0 fully saturated rings. The summed E-state index contributed by atoms with van der Waals surface area (Å²) in [5.74, 6) is -0.374. The molecule has 3 aromatic rings. The van der Waals surface area contributed by atoms with Crippen molar-refractivity contribution in [2.45, 2.75) is 0 Å². The van der Waals surface area contributed by atoms with Crippen LogP contribution < -0.4 is 5.30 Å². The third-order valence-electron chi connectivity index (χ3n) is 3.08. The van der Waals surface area contributed by atoms with Crippen molar-refractivity contribution in [2.24, 2.45) is 0 Å². The molecule has 3 N–H and O–H groups in total. The number of phenolic OH excluding ortho intramolecular Hbond substituents is 1. The molecule has 0 amide bonds. The summed E-state index contributed by atoms with van der Waals surface area (Å²) >= 11 is 0. The summed E-state index contributed by atoms with van der Waals surface area (Å²) in [6, 6.07) is 26.1. The third kappa shape index (κ3) is 5.08. The van der Waals surface area contributed by atoms with Crippen LogP contribution in [0.2, 0.25) is 0 Å². The lowest BCUT2D eigenvalue weighted by molar-refractivity contribution is 0.384. The van der Waals surface area contributed by atoms with Crippen LogP contribution in [0.25, 0.3) is 11.1 Å². The van der Waals surface area contributed by atoms with Crippen LogP contribution in [0.15, 0.2) is 84.9 Å². The monoisotopic (exact) mass is 328 g/mol. The molecule has 0 aliphatic rings. The van der Waals surface area contributed by atoms with E-state index in [1.165, 1.54) is 35.4 Å². The van der Waals surface area contributed by atoms with Crippen molar-refractivity contribution in [3.8, 4) is 16.9 Å². The molecule has 0 spiro atoms. The SMILES string of the molecule is O=P(O)(O)c1ccccc1O.c1ccc(-c2ccccc2)cc1. The highest BCUT2D eigenvalue weighted by Gasteiger charge is 2.20. The van der Waals surface area contributed by atoms with Crippen LogP contribution in [0.5, 0.6) is 5.75 Å². The van der Waals surface area contributed by atoms with E-state index >= 15 is 0 Å². The summed E-state index contributed by atoms with van der Waals surface area (Å²) < 4.78 is 10.6. The second-order valence-corrected chi connectivity index (χ2v) is 6.33. The predicted molar refractivity (Wildman–Crippen MR) is 91.7 cm³/mol. The normalized spacial score (nSPS) is 10.5. The van der Waals surface area contributed by atoms with Crippen molar-refractivity contribution < 1.29 is 19.5 Å². The number of benzene rings is 3. The van der Waals surface area contributed by atoms with E-state index < -0.39 is 7.60 Å². The highest BCUT2D eigenvalue weighted by Crippen LogP contribution is 2.36. The second-order valence-electron chi connectivity index (χ2n) is 4.76. The first-order chi connectivity index (χ1) is 11.0. The number of hydrogen-bond donors (Lipinski definition) is 3. The maximum atomic E-state index is 10.6. The van der Waals surface area contributed by atoms with Crippen molar-refractivity contribution in [1.82, 2.24) is 0 Å². The molecule has 4 nitrogen and oxygen atoms in total. The Bertz CT molecular complexity index is 745. The quantitative estimate of drug-likeness (QED) is 0.629. The molecule has 0 bridgehead atoms. The third-order valence-corrected chi connectivity index (χ3v) is 4.08. The summed E-state index contributed by atoms with van der Waals surface area (Å²) in [4.78, 5) is 17.2. The van der Waals surface area contributed by atoms with Gasteiger partial charge in [-0.15, -0.1) is 0 Å². The van der Waals surface area contributed by atoms with E-state index in [1.54, 1.807) is 0 Å².